The van der Waals surface area contributed by atoms with Crippen LogP contribution in [-0.2, 0) is 22.6 Å². The van der Waals surface area contributed by atoms with Crippen LogP contribution in [0.3, 0.4) is 0 Å². The monoisotopic (exact) mass is 523 g/mol. The van der Waals surface area contributed by atoms with Crippen LogP contribution in [0, 0.1) is 5.82 Å². The van der Waals surface area contributed by atoms with Crippen LogP contribution in [0.1, 0.15) is 24.0 Å². The molecule has 2 aromatic heterocycles. The number of tetrazole rings is 1. The number of hydrogen-bond acceptors (Lipinski definition) is 10. The number of methoxy groups -OCH3 is 2. The van der Waals surface area contributed by atoms with E-state index in [4.69, 9.17) is 15.2 Å². The van der Waals surface area contributed by atoms with E-state index < -0.39 is 11.7 Å². The number of amides is 1. The molecule has 3 aromatic rings. The van der Waals surface area contributed by atoms with Gasteiger partial charge >= 0.3 is 0 Å². The molecule has 0 radical (unpaired) electrons. The van der Waals surface area contributed by atoms with E-state index in [1.54, 1.807) is 12.3 Å². The molecule has 3 N–H and O–H groups in total. The van der Waals surface area contributed by atoms with Crippen molar-refractivity contribution in [3.63, 3.8) is 0 Å². The standard InChI is InChI=1S/C25H30FN9O3/c1-37-15-20(27)18(13-28-11-17-5-8-23(29-12-17)34-9-3-4-10-34)25(36)30-14-19-21(35-16-31-32-33-35)6-7-22(38-2)24(19)26/h5-8,12-13,16H,3-4,9-11,14-15,27H2,1-2H3,(H,30,36)/b20-18+,28-13?. The highest BCUT2D eigenvalue weighted by molar-refractivity contribution is 6.12. The van der Waals surface area contributed by atoms with Gasteiger partial charge < -0.3 is 25.4 Å². The van der Waals surface area contributed by atoms with E-state index in [2.05, 4.69) is 35.7 Å². The summed E-state index contributed by atoms with van der Waals surface area (Å²) in [5, 5.41) is 13.7. The fraction of sp³-hybridized carbons (Fsp3) is 0.360. The SMILES string of the molecule is COC/C(N)=C(/C=NCc1ccc(N2CCCC2)nc1)C(=O)NCc1c(-n2cnnn2)ccc(OC)c1F. The highest BCUT2D eigenvalue weighted by atomic mass is 19.1. The number of anilines is 1. The quantitative estimate of drug-likeness (QED) is 0.282. The van der Waals surface area contributed by atoms with E-state index in [9.17, 15) is 4.79 Å². The van der Waals surface area contributed by atoms with Gasteiger partial charge in [-0.15, -0.1) is 5.10 Å². The topological polar surface area (TPSA) is 146 Å². The third-order valence-electron chi connectivity index (χ3n) is 6.05. The number of hydrogen-bond donors (Lipinski definition) is 2. The minimum atomic E-state index is -0.644. The molecule has 1 aromatic carbocycles. The van der Waals surface area contributed by atoms with Crippen LogP contribution in [0.25, 0.3) is 5.69 Å². The van der Waals surface area contributed by atoms with Crippen molar-refractivity contribution >= 4 is 17.9 Å². The second-order valence-electron chi connectivity index (χ2n) is 8.58. The molecule has 1 amide bonds. The van der Waals surface area contributed by atoms with Crippen LogP contribution in [0.4, 0.5) is 10.2 Å². The summed E-state index contributed by atoms with van der Waals surface area (Å²) in [5.41, 5.74) is 7.78. The molecule has 0 bridgehead atoms. The molecular formula is C25H30FN9O3. The number of nitrogens with zero attached hydrogens (tertiary/aromatic N) is 7. The van der Waals surface area contributed by atoms with Gasteiger partial charge in [-0.05, 0) is 47.0 Å². The van der Waals surface area contributed by atoms with E-state index in [1.807, 2.05) is 12.1 Å². The predicted octanol–water partition coefficient (Wildman–Crippen LogP) is 1.55. The lowest BCUT2D eigenvalue weighted by Gasteiger charge is -2.16. The number of aliphatic imine (C=N–C) groups is 1. The van der Waals surface area contributed by atoms with Crippen molar-refractivity contribution in [1.82, 2.24) is 30.5 Å². The number of nitrogens with two attached hydrogens (primary N) is 1. The number of carbonyl (C=O) groups excluding carboxylic acids is 1. The number of pyridine rings is 1. The summed E-state index contributed by atoms with van der Waals surface area (Å²) < 4.78 is 26.6. The molecule has 200 valence electrons. The van der Waals surface area contributed by atoms with E-state index in [0.29, 0.717) is 12.2 Å². The molecular weight excluding hydrogens is 493 g/mol. The largest absolute Gasteiger partial charge is 0.494 e. The number of aromatic nitrogens is 5. The van der Waals surface area contributed by atoms with Gasteiger partial charge in [0.2, 0.25) is 0 Å². The Hall–Kier alpha value is -4.39. The van der Waals surface area contributed by atoms with Crippen molar-refractivity contribution in [2.75, 3.05) is 38.8 Å². The smallest absolute Gasteiger partial charge is 0.254 e. The Bertz CT molecular complexity index is 1290. The molecule has 4 rings (SSSR count). The van der Waals surface area contributed by atoms with Crippen molar-refractivity contribution in [3.05, 3.63) is 65.0 Å². The van der Waals surface area contributed by atoms with Gasteiger partial charge in [0.25, 0.3) is 5.91 Å². The molecule has 1 aliphatic heterocycles. The van der Waals surface area contributed by atoms with Gasteiger partial charge in [0, 0.05) is 50.4 Å². The number of rotatable bonds is 11. The predicted molar refractivity (Wildman–Crippen MR) is 138 cm³/mol. The van der Waals surface area contributed by atoms with Crippen LogP contribution < -0.4 is 20.7 Å². The minimum absolute atomic E-state index is 0.0181. The fourth-order valence-electron chi connectivity index (χ4n) is 4.07. The Morgan fingerprint density at radius 3 is 2.71 bits per heavy atom. The zero-order valence-corrected chi connectivity index (χ0v) is 21.3. The molecule has 0 atom stereocenters. The zero-order chi connectivity index (χ0) is 26.9. The van der Waals surface area contributed by atoms with Gasteiger partial charge in [0.1, 0.15) is 12.1 Å². The van der Waals surface area contributed by atoms with Gasteiger partial charge in [-0.3, -0.25) is 9.79 Å². The number of carbonyl (C=O) groups is 1. The van der Waals surface area contributed by atoms with E-state index >= 15 is 4.39 Å². The highest BCUT2D eigenvalue weighted by Crippen LogP contribution is 2.26. The molecule has 0 saturated carbocycles. The lowest BCUT2D eigenvalue weighted by atomic mass is 10.1. The van der Waals surface area contributed by atoms with Crippen LogP contribution in [-0.4, -0.2) is 71.2 Å². The van der Waals surface area contributed by atoms with Gasteiger partial charge in [0.05, 0.1) is 31.5 Å². The average Bonchev–Trinajstić information content (AvgIpc) is 3.66. The summed E-state index contributed by atoms with van der Waals surface area (Å²) in [7, 11) is 2.83. The lowest BCUT2D eigenvalue weighted by molar-refractivity contribution is -0.117. The second kappa shape index (κ2) is 12.7. The van der Waals surface area contributed by atoms with Gasteiger partial charge in [-0.2, -0.15) is 0 Å². The third kappa shape index (κ3) is 6.29. The summed E-state index contributed by atoms with van der Waals surface area (Å²) in [6, 6.07) is 6.99. The first kappa shape index (κ1) is 26.7. The molecule has 13 heteroatoms. The maximum atomic E-state index is 15.1. The highest BCUT2D eigenvalue weighted by Gasteiger charge is 2.19. The molecule has 0 aliphatic carbocycles. The second-order valence-corrected chi connectivity index (χ2v) is 8.58. The Balaban J connectivity index is 1.48. The van der Waals surface area contributed by atoms with Crippen LogP contribution in [0.5, 0.6) is 5.75 Å². The zero-order valence-electron chi connectivity index (χ0n) is 21.3. The summed E-state index contributed by atoms with van der Waals surface area (Å²) in [6.07, 6.45) is 6.85. The minimum Gasteiger partial charge on any atom is -0.494 e. The first-order chi connectivity index (χ1) is 18.5. The normalized spacial score (nSPS) is 14.1. The fourth-order valence-corrected chi connectivity index (χ4v) is 4.07. The molecule has 12 nitrogen and oxygen atoms in total. The summed E-state index contributed by atoms with van der Waals surface area (Å²) in [4.78, 5) is 24.3. The third-order valence-corrected chi connectivity index (χ3v) is 6.05. The number of halogens is 1. The maximum Gasteiger partial charge on any atom is 0.254 e. The molecule has 0 spiro atoms. The Kier molecular flexibility index (Phi) is 8.93. The molecule has 3 heterocycles. The van der Waals surface area contributed by atoms with Crippen molar-refractivity contribution < 1.29 is 18.7 Å². The molecule has 1 saturated heterocycles. The van der Waals surface area contributed by atoms with Gasteiger partial charge in [0.15, 0.2) is 11.6 Å². The first-order valence-electron chi connectivity index (χ1n) is 12.1. The van der Waals surface area contributed by atoms with Crippen molar-refractivity contribution in [3.8, 4) is 11.4 Å². The van der Waals surface area contributed by atoms with E-state index in [1.165, 1.54) is 50.4 Å². The number of benzene rings is 1. The average molecular weight is 524 g/mol. The van der Waals surface area contributed by atoms with Crippen LogP contribution in [0.15, 0.2) is 53.1 Å². The number of nitrogens with one attached hydrogen (secondary N) is 1. The van der Waals surface area contributed by atoms with Crippen LogP contribution in [0.2, 0.25) is 0 Å². The lowest BCUT2D eigenvalue weighted by Crippen LogP contribution is -2.29. The van der Waals surface area contributed by atoms with E-state index in [0.717, 1.165) is 24.5 Å². The maximum absolute atomic E-state index is 15.1. The Labute approximate surface area is 219 Å². The van der Waals surface area contributed by atoms with Crippen molar-refractivity contribution in [2.24, 2.45) is 10.7 Å². The molecule has 38 heavy (non-hydrogen) atoms. The first-order valence-corrected chi connectivity index (χ1v) is 12.1. The summed E-state index contributed by atoms with van der Waals surface area (Å²) in [5.74, 6) is -0.220. The van der Waals surface area contributed by atoms with Crippen molar-refractivity contribution in [2.45, 2.75) is 25.9 Å². The molecule has 1 aliphatic rings. The van der Waals surface area contributed by atoms with Crippen molar-refractivity contribution in [1.29, 1.82) is 0 Å². The molecule has 1 fully saturated rings. The Morgan fingerprint density at radius 2 is 2.05 bits per heavy atom. The van der Waals surface area contributed by atoms with Gasteiger partial charge in [-0.25, -0.2) is 14.1 Å². The molecule has 0 unspecified atom stereocenters. The Morgan fingerprint density at radius 1 is 1.24 bits per heavy atom. The number of ether oxygens (including phenoxy) is 2. The summed E-state index contributed by atoms with van der Waals surface area (Å²) >= 11 is 0. The summed E-state index contributed by atoms with van der Waals surface area (Å²) in [6.45, 7) is 2.17. The van der Waals surface area contributed by atoms with Gasteiger partial charge in [-0.1, -0.05) is 6.07 Å². The van der Waals surface area contributed by atoms with Crippen LogP contribution >= 0.6 is 0 Å². The van der Waals surface area contributed by atoms with E-state index in [-0.39, 0.29) is 35.7 Å².